The molecule has 0 saturated heterocycles. The number of amides is 1. The van der Waals surface area contributed by atoms with E-state index in [0.717, 1.165) is 16.8 Å². The van der Waals surface area contributed by atoms with Crippen molar-refractivity contribution in [2.75, 3.05) is 19.1 Å². The summed E-state index contributed by atoms with van der Waals surface area (Å²) in [6, 6.07) is 3.72. The van der Waals surface area contributed by atoms with E-state index in [9.17, 15) is 4.79 Å². The Bertz CT molecular complexity index is 592. The predicted molar refractivity (Wildman–Crippen MR) is 66.5 cm³/mol. The number of carbonyl (C=O) groups excluding carboxylic acids is 1. The van der Waals surface area contributed by atoms with Crippen LogP contribution in [0.5, 0.6) is 5.75 Å². The Morgan fingerprint density at radius 3 is 3.06 bits per heavy atom. The van der Waals surface area contributed by atoms with Crippen LogP contribution in [0.3, 0.4) is 0 Å². The number of nitrogens with one attached hydrogen (secondary N) is 3. The van der Waals surface area contributed by atoms with Gasteiger partial charge in [0.05, 0.1) is 11.8 Å². The first-order valence-corrected chi connectivity index (χ1v) is 5.55. The van der Waals surface area contributed by atoms with Crippen molar-refractivity contribution in [2.24, 2.45) is 0 Å². The van der Waals surface area contributed by atoms with Gasteiger partial charge in [0.15, 0.2) is 6.73 Å². The summed E-state index contributed by atoms with van der Waals surface area (Å²) in [5.41, 5.74) is 3.08. The summed E-state index contributed by atoms with van der Waals surface area (Å²) in [6.45, 7) is 0.198. The number of benzene rings is 1. The van der Waals surface area contributed by atoms with Crippen LogP contribution in [0, 0.1) is 0 Å². The predicted octanol–water partition coefficient (Wildman–Crippen LogP) is 1.20. The molecular formula is C12H12N4O2. The lowest BCUT2D eigenvalue weighted by Crippen LogP contribution is -2.33. The third-order valence-electron chi connectivity index (χ3n) is 2.89. The first-order valence-electron chi connectivity index (χ1n) is 5.55. The molecule has 2 heterocycles. The monoisotopic (exact) mass is 244 g/mol. The quantitative estimate of drug-likeness (QED) is 0.741. The number of hydrogen-bond donors (Lipinski definition) is 3. The number of aromatic nitrogens is 2. The van der Waals surface area contributed by atoms with Crippen LogP contribution >= 0.6 is 0 Å². The van der Waals surface area contributed by atoms with E-state index < -0.39 is 0 Å². The number of carbonyl (C=O) groups is 1. The maximum absolute atomic E-state index is 12.0. The highest BCUT2D eigenvalue weighted by Crippen LogP contribution is 2.35. The van der Waals surface area contributed by atoms with E-state index in [2.05, 4.69) is 20.8 Å². The zero-order chi connectivity index (χ0) is 12.5. The van der Waals surface area contributed by atoms with Crippen molar-refractivity contribution in [1.82, 2.24) is 15.5 Å². The molecule has 2 aromatic rings. The van der Waals surface area contributed by atoms with Gasteiger partial charge in [0, 0.05) is 36.1 Å². The highest BCUT2D eigenvalue weighted by atomic mass is 16.5. The van der Waals surface area contributed by atoms with Crippen LogP contribution in [0.4, 0.5) is 5.69 Å². The van der Waals surface area contributed by atoms with E-state index in [4.69, 9.17) is 4.74 Å². The second-order valence-corrected chi connectivity index (χ2v) is 3.93. The lowest BCUT2D eigenvalue weighted by atomic mass is 9.99. The van der Waals surface area contributed by atoms with Gasteiger partial charge in [-0.25, -0.2) is 0 Å². The molecule has 0 atom stereocenters. The fourth-order valence-electron chi connectivity index (χ4n) is 2.00. The van der Waals surface area contributed by atoms with Crippen molar-refractivity contribution >= 4 is 11.6 Å². The third kappa shape index (κ3) is 1.58. The number of anilines is 1. The van der Waals surface area contributed by atoms with E-state index in [1.807, 2.05) is 19.2 Å². The Labute approximate surface area is 103 Å². The van der Waals surface area contributed by atoms with Gasteiger partial charge in [-0.3, -0.25) is 9.89 Å². The van der Waals surface area contributed by atoms with Gasteiger partial charge in [0.1, 0.15) is 5.75 Å². The SMILES string of the molecule is CNc1cc2c(c(-c3cn[nH]c3)c1)C(=O)NCO2. The Morgan fingerprint density at radius 2 is 2.33 bits per heavy atom. The van der Waals surface area contributed by atoms with Gasteiger partial charge in [0.25, 0.3) is 5.91 Å². The molecule has 0 radical (unpaired) electrons. The molecule has 3 N–H and O–H groups in total. The number of rotatable bonds is 2. The summed E-state index contributed by atoms with van der Waals surface area (Å²) in [7, 11) is 1.82. The number of ether oxygens (including phenoxy) is 1. The van der Waals surface area contributed by atoms with Crippen LogP contribution in [-0.2, 0) is 0 Å². The van der Waals surface area contributed by atoms with Gasteiger partial charge in [-0.1, -0.05) is 0 Å². The fourth-order valence-corrected chi connectivity index (χ4v) is 2.00. The zero-order valence-electron chi connectivity index (χ0n) is 9.78. The average Bonchev–Trinajstić information content (AvgIpc) is 2.91. The number of aromatic amines is 1. The largest absolute Gasteiger partial charge is 0.472 e. The van der Waals surface area contributed by atoms with Crippen LogP contribution in [-0.4, -0.2) is 29.9 Å². The van der Waals surface area contributed by atoms with Crippen molar-refractivity contribution < 1.29 is 9.53 Å². The molecule has 3 rings (SSSR count). The molecule has 0 bridgehead atoms. The zero-order valence-corrected chi connectivity index (χ0v) is 9.78. The molecule has 1 aromatic heterocycles. The van der Waals surface area contributed by atoms with Crippen molar-refractivity contribution in [3.63, 3.8) is 0 Å². The molecule has 6 heteroatoms. The van der Waals surface area contributed by atoms with Gasteiger partial charge in [0.2, 0.25) is 0 Å². The van der Waals surface area contributed by atoms with Gasteiger partial charge < -0.3 is 15.4 Å². The molecule has 0 aliphatic carbocycles. The number of hydrogen-bond acceptors (Lipinski definition) is 4. The van der Waals surface area contributed by atoms with E-state index in [0.29, 0.717) is 11.3 Å². The molecule has 6 nitrogen and oxygen atoms in total. The molecular weight excluding hydrogens is 232 g/mol. The second-order valence-electron chi connectivity index (χ2n) is 3.93. The molecule has 1 aliphatic heterocycles. The molecule has 0 saturated carbocycles. The minimum absolute atomic E-state index is 0.130. The normalized spacial score (nSPS) is 13.5. The Morgan fingerprint density at radius 1 is 1.44 bits per heavy atom. The van der Waals surface area contributed by atoms with E-state index in [1.165, 1.54) is 0 Å². The average molecular weight is 244 g/mol. The minimum atomic E-state index is -0.130. The van der Waals surface area contributed by atoms with Crippen molar-refractivity contribution in [3.8, 4) is 16.9 Å². The molecule has 0 unspecified atom stereocenters. The number of nitrogens with zero attached hydrogens (tertiary/aromatic N) is 1. The van der Waals surface area contributed by atoms with Crippen LogP contribution in [0.25, 0.3) is 11.1 Å². The summed E-state index contributed by atoms with van der Waals surface area (Å²) in [5.74, 6) is 0.455. The number of H-pyrrole nitrogens is 1. The highest BCUT2D eigenvalue weighted by Gasteiger charge is 2.23. The standard InChI is InChI=1S/C12H12N4O2/c1-13-8-2-9(7-4-15-16-5-7)11-10(3-8)18-6-14-12(11)17/h2-5,13H,6H2,1H3,(H,14,17)(H,15,16). The second kappa shape index (κ2) is 4.06. The molecule has 1 aromatic carbocycles. The summed E-state index contributed by atoms with van der Waals surface area (Å²) in [6.07, 6.45) is 3.42. The topological polar surface area (TPSA) is 79.0 Å². The molecule has 92 valence electrons. The Hall–Kier alpha value is -2.50. The Kier molecular flexibility index (Phi) is 2.40. The maximum Gasteiger partial charge on any atom is 0.258 e. The summed E-state index contributed by atoms with van der Waals surface area (Å²) in [5, 5.41) is 12.4. The van der Waals surface area contributed by atoms with Crippen molar-refractivity contribution in [3.05, 3.63) is 30.1 Å². The molecule has 0 spiro atoms. The summed E-state index contributed by atoms with van der Waals surface area (Å²) < 4.78 is 5.47. The highest BCUT2D eigenvalue weighted by molar-refractivity contribution is 6.04. The molecule has 18 heavy (non-hydrogen) atoms. The van der Waals surface area contributed by atoms with E-state index >= 15 is 0 Å². The van der Waals surface area contributed by atoms with Crippen molar-refractivity contribution in [1.29, 1.82) is 0 Å². The first kappa shape index (κ1) is 10.6. The Balaban J connectivity index is 2.25. The van der Waals surface area contributed by atoms with Gasteiger partial charge in [-0.15, -0.1) is 0 Å². The molecule has 1 aliphatic rings. The summed E-state index contributed by atoms with van der Waals surface area (Å²) >= 11 is 0. The lowest BCUT2D eigenvalue weighted by molar-refractivity contribution is 0.0884. The third-order valence-corrected chi connectivity index (χ3v) is 2.89. The van der Waals surface area contributed by atoms with Crippen LogP contribution in [0.15, 0.2) is 24.5 Å². The first-order chi connectivity index (χ1) is 8.79. The number of fused-ring (bicyclic) bond motifs is 1. The van der Waals surface area contributed by atoms with Gasteiger partial charge >= 0.3 is 0 Å². The smallest absolute Gasteiger partial charge is 0.258 e. The van der Waals surface area contributed by atoms with E-state index in [-0.39, 0.29) is 12.6 Å². The van der Waals surface area contributed by atoms with Gasteiger partial charge in [-0.05, 0) is 6.07 Å². The molecule has 1 amide bonds. The van der Waals surface area contributed by atoms with E-state index in [1.54, 1.807) is 12.4 Å². The lowest BCUT2D eigenvalue weighted by Gasteiger charge is -2.21. The van der Waals surface area contributed by atoms with Crippen LogP contribution < -0.4 is 15.4 Å². The maximum atomic E-state index is 12.0. The van der Waals surface area contributed by atoms with Gasteiger partial charge in [-0.2, -0.15) is 5.10 Å². The van der Waals surface area contributed by atoms with Crippen molar-refractivity contribution in [2.45, 2.75) is 0 Å². The van der Waals surface area contributed by atoms with Crippen LogP contribution in [0.1, 0.15) is 10.4 Å². The minimum Gasteiger partial charge on any atom is -0.472 e. The van der Waals surface area contributed by atoms with Crippen LogP contribution in [0.2, 0.25) is 0 Å². The summed E-state index contributed by atoms with van der Waals surface area (Å²) in [4.78, 5) is 12.0. The fraction of sp³-hybridized carbons (Fsp3) is 0.167. The molecule has 0 fully saturated rings.